The molecule has 10 atom stereocenters. The molecule has 0 aromatic heterocycles. The van der Waals surface area contributed by atoms with E-state index in [4.69, 9.17) is 18.9 Å². The second kappa shape index (κ2) is 28.1. The first-order chi connectivity index (χ1) is 40.4. The Morgan fingerprint density at radius 2 is 0.965 bits per heavy atom. The summed E-state index contributed by atoms with van der Waals surface area (Å²) in [5.74, 6) is 0.565. The van der Waals surface area contributed by atoms with E-state index in [-0.39, 0.29) is 42.1 Å². The molecular formula is C65H92N8O12. The third-order valence-corrected chi connectivity index (χ3v) is 17.9. The minimum Gasteiger partial charge on any atom is -0.444 e. The molecule has 0 unspecified atom stereocenters. The molecule has 6 aliphatic rings. The maximum atomic E-state index is 14.7. The van der Waals surface area contributed by atoms with Gasteiger partial charge in [0.2, 0.25) is 35.4 Å². The maximum absolute atomic E-state index is 14.7. The third kappa shape index (κ3) is 16.0. The Morgan fingerprint density at radius 1 is 0.565 bits per heavy atom. The molecule has 464 valence electrons. The van der Waals surface area contributed by atoms with Gasteiger partial charge in [0.25, 0.3) is 0 Å². The van der Waals surface area contributed by atoms with E-state index in [0.29, 0.717) is 51.6 Å². The first-order valence-electron chi connectivity index (χ1n) is 31.1. The lowest BCUT2D eigenvalue weighted by atomic mass is 9.83. The number of nitrogens with zero attached hydrogens (tertiary/aromatic N) is 4. The van der Waals surface area contributed by atoms with Crippen molar-refractivity contribution in [3.8, 4) is 12.0 Å². The average molecular weight is 1180 g/mol. The lowest BCUT2D eigenvalue weighted by Crippen LogP contribution is -2.59. The molecule has 2 heterocycles. The number of amides is 8. The summed E-state index contributed by atoms with van der Waals surface area (Å²) in [6, 6.07) is 9.35. The fraction of sp³-hybridized carbons (Fsp3) is 0.662. The van der Waals surface area contributed by atoms with Crippen LogP contribution in [-0.4, -0.2) is 161 Å². The molecule has 4 N–H and O–H groups in total. The molecule has 85 heavy (non-hydrogen) atoms. The van der Waals surface area contributed by atoms with Gasteiger partial charge in [-0.15, -0.1) is 0 Å². The molecule has 8 amide bonds. The van der Waals surface area contributed by atoms with E-state index in [1.807, 2.05) is 48.5 Å². The summed E-state index contributed by atoms with van der Waals surface area (Å²) < 4.78 is 23.7. The van der Waals surface area contributed by atoms with Crippen molar-refractivity contribution in [2.45, 2.75) is 230 Å². The number of rotatable bonds is 17. The monoisotopic (exact) mass is 1180 g/mol. The zero-order chi connectivity index (χ0) is 61.3. The van der Waals surface area contributed by atoms with Gasteiger partial charge in [0.15, 0.2) is 0 Å². The van der Waals surface area contributed by atoms with Crippen LogP contribution in [0.1, 0.15) is 180 Å². The average Bonchev–Trinajstić information content (AvgIpc) is 2.84. The van der Waals surface area contributed by atoms with Crippen LogP contribution < -0.4 is 21.3 Å². The van der Waals surface area contributed by atoms with Crippen LogP contribution in [0.25, 0.3) is 0 Å². The minimum absolute atomic E-state index is 0.0338. The Labute approximate surface area is 502 Å². The van der Waals surface area contributed by atoms with Gasteiger partial charge in [0, 0.05) is 40.0 Å². The van der Waals surface area contributed by atoms with Crippen molar-refractivity contribution < 1.29 is 57.3 Å². The van der Waals surface area contributed by atoms with Gasteiger partial charge in [0.05, 0.1) is 18.2 Å². The van der Waals surface area contributed by atoms with Crippen molar-refractivity contribution in [2.24, 2.45) is 11.8 Å². The van der Waals surface area contributed by atoms with Crippen LogP contribution in [0.2, 0.25) is 0 Å². The van der Waals surface area contributed by atoms with Gasteiger partial charge in [-0.1, -0.05) is 87.1 Å². The summed E-state index contributed by atoms with van der Waals surface area (Å²) >= 11 is 0. The molecule has 4 fully saturated rings. The fourth-order valence-electron chi connectivity index (χ4n) is 13.1. The van der Waals surface area contributed by atoms with Crippen LogP contribution in [0.4, 0.5) is 9.59 Å². The van der Waals surface area contributed by atoms with E-state index in [2.05, 4.69) is 33.3 Å². The highest BCUT2D eigenvalue weighted by atomic mass is 16.6. The van der Waals surface area contributed by atoms with Gasteiger partial charge in [0.1, 0.15) is 66.3 Å². The number of benzene rings is 2. The van der Waals surface area contributed by atoms with Crippen molar-refractivity contribution in [3.63, 3.8) is 0 Å². The van der Waals surface area contributed by atoms with Crippen LogP contribution in [0.15, 0.2) is 48.5 Å². The zero-order valence-corrected chi connectivity index (χ0v) is 51.7. The number of ether oxygens (including phenoxy) is 4. The topological polar surface area (TPSA) is 235 Å². The van der Waals surface area contributed by atoms with Gasteiger partial charge >= 0.3 is 12.2 Å². The quantitative estimate of drug-likeness (QED) is 0.116. The van der Waals surface area contributed by atoms with Crippen molar-refractivity contribution in [2.75, 3.05) is 33.8 Å². The molecule has 2 aromatic rings. The van der Waals surface area contributed by atoms with E-state index in [0.717, 1.165) is 86.5 Å². The summed E-state index contributed by atoms with van der Waals surface area (Å²) in [5.41, 5.74) is 2.30. The van der Waals surface area contributed by atoms with Gasteiger partial charge < -0.3 is 50.0 Å². The Morgan fingerprint density at radius 3 is 1.39 bits per heavy atom. The number of hydrogen-bond donors (Lipinski definition) is 4. The van der Waals surface area contributed by atoms with E-state index in [9.17, 15) is 38.4 Å². The summed E-state index contributed by atoms with van der Waals surface area (Å²) in [6.07, 6.45) is 12.4. The van der Waals surface area contributed by atoms with E-state index in [1.54, 1.807) is 65.2 Å². The van der Waals surface area contributed by atoms with Crippen molar-refractivity contribution in [3.05, 3.63) is 70.8 Å². The highest BCUT2D eigenvalue weighted by Gasteiger charge is 2.46. The van der Waals surface area contributed by atoms with Crippen molar-refractivity contribution in [1.29, 1.82) is 0 Å². The van der Waals surface area contributed by atoms with Crippen LogP contribution in [0, 0.1) is 23.9 Å². The predicted octanol–water partition coefficient (Wildman–Crippen LogP) is 7.17. The Balaban J connectivity index is 0.900. The number of carbonyl (C=O) groups excluding carboxylic acids is 8. The molecule has 2 saturated carbocycles. The van der Waals surface area contributed by atoms with Gasteiger partial charge in [-0.25, -0.2) is 9.59 Å². The number of likely N-dealkylation sites (N-methyl/N-ethyl adjacent to an activating group) is 2. The molecule has 2 aliphatic heterocycles. The molecule has 2 saturated heterocycles. The van der Waals surface area contributed by atoms with E-state index < -0.39 is 95.7 Å². The second-order valence-corrected chi connectivity index (χ2v) is 26.2. The summed E-state index contributed by atoms with van der Waals surface area (Å²) in [6.45, 7) is 14.4. The minimum atomic E-state index is -0.924. The Kier molecular flexibility index (Phi) is 21.2. The second-order valence-electron chi connectivity index (χ2n) is 26.2. The number of carbonyl (C=O) groups is 8. The van der Waals surface area contributed by atoms with Crippen LogP contribution >= 0.6 is 0 Å². The lowest BCUT2D eigenvalue weighted by molar-refractivity contribution is -0.144. The largest absolute Gasteiger partial charge is 0.444 e. The van der Waals surface area contributed by atoms with Crippen molar-refractivity contribution in [1.82, 2.24) is 40.9 Å². The molecule has 8 rings (SSSR count). The molecule has 20 nitrogen and oxygen atoms in total. The lowest BCUT2D eigenvalue weighted by Gasteiger charge is -2.36. The summed E-state index contributed by atoms with van der Waals surface area (Å²) in [5, 5.41) is 12.5. The number of likely N-dealkylation sites (tertiary alicyclic amines) is 2. The van der Waals surface area contributed by atoms with Crippen LogP contribution in [-0.2, 0) is 60.6 Å². The standard InChI is InChI=1S/C65H92N8O12/c1-40(70(9)62(80)84-64(3,4)5)56(74)66-52(42-24-13-11-14-25-42)60(78)72-34-21-32-48(72)58(76)68-54-46-30-19-17-28-44(46)38-50(54)82-36-23-37-83-51-39-45-29-18-20-31-47(45)55(51)69-59(77)49-33-22-35-73(49)61(79)53(43-26-15-12-16-27-43)67-57(75)41(2)71(10)63(81)85-65(6,7)8/h17-20,28-31,40-43,48-55H,11-16,21-22,24-27,32-36,38-39H2,1-10H3,(H,66,74)(H,67,75)(H,68,76)(H,69,77)/t40-,41-,48-,49-,50+,51+,52-,53-,54-,55-/m0/s1. The number of hydrogen-bond acceptors (Lipinski definition) is 12. The highest BCUT2D eigenvalue weighted by molar-refractivity contribution is 5.96. The first kappa shape index (κ1) is 64.1. The number of fused-ring (bicyclic) bond motifs is 2. The molecule has 0 spiro atoms. The normalized spacial score (nSPS) is 23.8. The molecule has 2 aromatic carbocycles. The highest BCUT2D eigenvalue weighted by Crippen LogP contribution is 2.37. The molecule has 4 aliphatic carbocycles. The van der Waals surface area contributed by atoms with Crippen LogP contribution in [0.3, 0.4) is 0 Å². The van der Waals surface area contributed by atoms with Gasteiger partial charge in [-0.3, -0.25) is 38.6 Å². The van der Waals surface area contributed by atoms with Gasteiger partial charge in [-0.2, -0.15) is 0 Å². The predicted molar refractivity (Wildman–Crippen MR) is 318 cm³/mol. The Bertz CT molecular complexity index is 2810. The molecular weight excluding hydrogens is 1080 g/mol. The van der Waals surface area contributed by atoms with Crippen LogP contribution in [0.5, 0.6) is 0 Å². The SMILES string of the molecule is C[C@@H](C(=O)N[C@H](C(=O)N1CCC[C@H]1C(=O)N[C@H]1c2ccccc2C[C@H]1OC#CCO[C@@H]1Cc2ccccc2[C@@H]1NC(=O)[C@@H]1CCCN1C(=O)[C@@H](NC(=O)[C@H](C)N(C)C(=O)OC(C)(C)C)C1CCCCC1)C1CCCCC1)N(C)C(=O)OC(C)(C)C. The summed E-state index contributed by atoms with van der Waals surface area (Å²) in [4.78, 5) is 118. The Hall–Kier alpha value is -6.88. The van der Waals surface area contributed by atoms with Crippen molar-refractivity contribution >= 4 is 47.6 Å². The molecule has 20 heteroatoms. The molecule has 0 radical (unpaired) electrons. The summed E-state index contributed by atoms with van der Waals surface area (Å²) in [7, 11) is 3.00. The fourth-order valence-corrected chi connectivity index (χ4v) is 13.1. The third-order valence-electron chi connectivity index (χ3n) is 17.9. The number of nitrogens with one attached hydrogen (secondary N) is 4. The first-order valence-corrected chi connectivity index (χ1v) is 31.1. The van der Waals surface area contributed by atoms with E-state index >= 15 is 0 Å². The maximum Gasteiger partial charge on any atom is 0.410 e. The smallest absolute Gasteiger partial charge is 0.410 e. The van der Waals surface area contributed by atoms with Gasteiger partial charge in [-0.05, 0) is 147 Å². The van der Waals surface area contributed by atoms with E-state index in [1.165, 1.54) is 23.9 Å². The zero-order valence-electron chi connectivity index (χ0n) is 51.7. The molecule has 0 bridgehead atoms.